The van der Waals surface area contributed by atoms with Gasteiger partial charge in [-0.1, -0.05) is 6.07 Å². The van der Waals surface area contributed by atoms with Gasteiger partial charge in [-0.25, -0.2) is 18.1 Å². The van der Waals surface area contributed by atoms with Gasteiger partial charge in [0.05, 0.1) is 25.4 Å². The topological polar surface area (TPSA) is 91.6 Å². The third-order valence-corrected chi connectivity index (χ3v) is 5.99. The van der Waals surface area contributed by atoms with Gasteiger partial charge in [0.2, 0.25) is 5.91 Å². The van der Waals surface area contributed by atoms with Crippen LogP contribution in [0, 0.1) is 11.6 Å². The summed E-state index contributed by atoms with van der Waals surface area (Å²) in [6.07, 6.45) is 0. The Balaban J connectivity index is 1.66. The van der Waals surface area contributed by atoms with E-state index in [9.17, 15) is 23.2 Å². The van der Waals surface area contributed by atoms with Crippen LogP contribution in [0.25, 0.3) is 15.9 Å². The van der Waals surface area contributed by atoms with Crippen LogP contribution in [0.5, 0.6) is 11.5 Å². The Morgan fingerprint density at radius 3 is 2.38 bits per heavy atom. The largest absolute Gasteiger partial charge is 0.493 e. The van der Waals surface area contributed by atoms with Crippen LogP contribution >= 0.6 is 11.3 Å². The minimum Gasteiger partial charge on any atom is -0.493 e. The van der Waals surface area contributed by atoms with Crippen LogP contribution in [0.2, 0.25) is 0 Å². The molecule has 1 amide bonds. The second-order valence-electron chi connectivity index (χ2n) is 7.24. The first kappa shape index (κ1) is 23.2. The highest BCUT2D eigenvalue weighted by atomic mass is 32.1. The van der Waals surface area contributed by atoms with Gasteiger partial charge in [-0.05, 0) is 41.3 Å². The summed E-state index contributed by atoms with van der Waals surface area (Å²) in [4.78, 5) is 38.7. The van der Waals surface area contributed by atoms with Crippen LogP contribution in [-0.2, 0) is 17.9 Å². The molecule has 2 aromatic carbocycles. The average molecular weight is 487 g/mol. The molecule has 0 spiro atoms. The molecule has 11 heteroatoms. The number of thiophene rings is 1. The fraction of sp³-hybridized carbons (Fsp3) is 0.174. The first-order valence-corrected chi connectivity index (χ1v) is 10.9. The van der Waals surface area contributed by atoms with Crippen molar-refractivity contribution < 1.29 is 23.0 Å². The molecule has 0 aliphatic heterocycles. The maximum absolute atomic E-state index is 13.8. The SMILES string of the molecule is COc1ccc(CNC(=O)Cn2c(=O)n(-c3cc(F)cc(F)c3)c(=O)c3sccc32)cc1OC. The number of ether oxygens (including phenoxy) is 2. The molecular weight excluding hydrogens is 468 g/mol. The van der Waals surface area contributed by atoms with E-state index in [2.05, 4.69) is 5.32 Å². The van der Waals surface area contributed by atoms with E-state index in [4.69, 9.17) is 9.47 Å². The molecule has 1 N–H and O–H groups in total. The average Bonchev–Trinajstić information content (AvgIpc) is 3.30. The number of carbonyl (C=O) groups is 1. The van der Waals surface area contributed by atoms with Gasteiger partial charge in [0.1, 0.15) is 22.9 Å². The summed E-state index contributed by atoms with van der Waals surface area (Å²) in [5.41, 5.74) is -0.875. The number of halogens is 2. The molecule has 4 rings (SSSR count). The molecular formula is C23H19F2N3O5S. The van der Waals surface area contributed by atoms with Crippen molar-refractivity contribution in [2.75, 3.05) is 14.2 Å². The quantitative estimate of drug-likeness (QED) is 0.433. The standard InChI is InChI=1S/C23H19F2N3O5S/c1-32-18-4-3-13(7-19(18)33-2)11-26-20(29)12-27-17-5-6-34-21(17)22(30)28(23(27)31)16-9-14(24)8-15(25)10-16/h3-10H,11-12H2,1-2H3,(H,26,29). The normalized spacial score (nSPS) is 10.9. The van der Waals surface area contributed by atoms with Crippen LogP contribution in [0.1, 0.15) is 5.56 Å². The molecule has 176 valence electrons. The number of rotatable bonds is 7. The Kier molecular flexibility index (Phi) is 6.46. The van der Waals surface area contributed by atoms with Crippen molar-refractivity contribution in [3.8, 4) is 17.2 Å². The van der Waals surface area contributed by atoms with Crippen molar-refractivity contribution in [3.63, 3.8) is 0 Å². The van der Waals surface area contributed by atoms with Crippen molar-refractivity contribution in [1.29, 1.82) is 0 Å². The van der Waals surface area contributed by atoms with Gasteiger partial charge in [-0.2, -0.15) is 0 Å². The molecule has 0 aliphatic carbocycles. The van der Waals surface area contributed by atoms with Crippen LogP contribution in [0.3, 0.4) is 0 Å². The Labute approximate surface area is 195 Å². The number of fused-ring (bicyclic) bond motifs is 1. The van der Waals surface area contributed by atoms with Gasteiger partial charge >= 0.3 is 5.69 Å². The van der Waals surface area contributed by atoms with E-state index in [1.807, 2.05) is 0 Å². The van der Waals surface area contributed by atoms with Crippen LogP contribution in [-0.4, -0.2) is 29.3 Å². The summed E-state index contributed by atoms with van der Waals surface area (Å²) in [5, 5.41) is 4.31. The number of aromatic nitrogens is 2. The molecule has 0 unspecified atom stereocenters. The van der Waals surface area contributed by atoms with Crippen LogP contribution in [0.4, 0.5) is 8.78 Å². The molecule has 8 nitrogen and oxygen atoms in total. The zero-order chi connectivity index (χ0) is 24.4. The number of benzene rings is 2. The molecule has 0 fully saturated rings. The molecule has 0 radical (unpaired) electrons. The Morgan fingerprint density at radius 2 is 1.71 bits per heavy atom. The molecule has 0 bridgehead atoms. The second kappa shape index (κ2) is 9.48. The Hall–Kier alpha value is -3.99. The first-order valence-electron chi connectivity index (χ1n) is 9.99. The number of hydrogen-bond donors (Lipinski definition) is 1. The highest BCUT2D eigenvalue weighted by Crippen LogP contribution is 2.27. The monoisotopic (exact) mass is 487 g/mol. The van der Waals surface area contributed by atoms with Crippen LogP contribution < -0.4 is 26.0 Å². The minimum atomic E-state index is -0.938. The molecule has 0 saturated heterocycles. The molecule has 0 saturated carbocycles. The summed E-state index contributed by atoms with van der Waals surface area (Å²) in [5.74, 6) is -1.33. The van der Waals surface area contributed by atoms with Gasteiger partial charge in [-0.15, -0.1) is 11.3 Å². The summed E-state index contributed by atoms with van der Waals surface area (Å²) in [6.45, 7) is -0.257. The number of nitrogens with zero attached hydrogens (tertiary/aromatic N) is 2. The summed E-state index contributed by atoms with van der Waals surface area (Å²) < 4.78 is 39.9. The van der Waals surface area contributed by atoms with Gasteiger partial charge in [0, 0.05) is 12.6 Å². The van der Waals surface area contributed by atoms with Gasteiger partial charge < -0.3 is 14.8 Å². The molecule has 34 heavy (non-hydrogen) atoms. The molecule has 2 heterocycles. The van der Waals surface area contributed by atoms with Crippen molar-refractivity contribution >= 4 is 27.5 Å². The molecule has 0 atom stereocenters. The molecule has 4 aromatic rings. The maximum Gasteiger partial charge on any atom is 0.336 e. The van der Waals surface area contributed by atoms with E-state index in [1.165, 1.54) is 14.2 Å². The summed E-state index contributed by atoms with van der Waals surface area (Å²) in [6, 6.07) is 9.11. The lowest BCUT2D eigenvalue weighted by Gasteiger charge is -2.13. The van der Waals surface area contributed by atoms with E-state index in [0.717, 1.165) is 33.6 Å². The lowest BCUT2D eigenvalue weighted by atomic mass is 10.2. The zero-order valence-electron chi connectivity index (χ0n) is 18.1. The van der Waals surface area contributed by atoms with Gasteiger partial charge in [-0.3, -0.25) is 14.2 Å². The van der Waals surface area contributed by atoms with Gasteiger partial charge in [0.15, 0.2) is 11.5 Å². The molecule has 0 aliphatic rings. The third kappa shape index (κ3) is 4.42. The summed E-state index contributed by atoms with van der Waals surface area (Å²) in [7, 11) is 3.01. The lowest BCUT2D eigenvalue weighted by molar-refractivity contribution is -0.121. The fourth-order valence-corrected chi connectivity index (χ4v) is 4.35. The highest BCUT2D eigenvalue weighted by Gasteiger charge is 2.18. The highest BCUT2D eigenvalue weighted by molar-refractivity contribution is 7.17. The van der Waals surface area contributed by atoms with E-state index < -0.39 is 35.3 Å². The Bertz CT molecular complexity index is 1490. The van der Waals surface area contributed by atoms with Crippen molar-refractivity contribution in [2.24, 2.45) is 0 Å². The van der Waals surface area contributed by atoms with Gasteiger partial charge in [0.25, 0.3) is 5.56 Å². The number of hydrogen-bond acceptors (Lipinski definition) is 6. The van der Waals surface area contributed by atoms with E-state index in [1.54, 1.807) is 29.6 Å². The third-order valence-electron chi connectivity index (χ3n) is 5.10. The first-order chi connectivity index (χ1) is 16.3. The van der Waals surface area contributed by atoms with E-state index in [0.29, 0.717) is 22.1 Å². The maximum atomic E-state index is 13.8. The van der Waals surface area contributed by atoms with Crippen molar-refractivity contribution in [3.05, 3.63) is 85.9 Å². The number of carbonyl (C=O) groups excluding carboxylic acids is 1. The van der Waals surface area contributed by atoms with E-state index >= 15 is 0 Å². The Morgan fingerprint density at radius 1 is 1.00 bits per heavy atom. The summed E-state index contributed by atoms with van der Waals surface area (Å²) >= 11 is 1.06. The van der Waals surface area contributed by atoms with Crippen molar-refractivity contribution in [2.45, 2.75) is 13.1 Å². The minimum absolute atomic E-state index is 0.148. The number of amides is 1. The van der Waals surface area contributed by atoms with E-state index in [-0.39, 0.29) is 22.4 Å². The predicted octanol–water partition coefficient (Wildman–Crippen LogP) is 2.83. The smallest absolute Gasteiger partial charge is 0.336 e. The number of nitrogens with one attached hydrogen (secondary N) is 1. The van der Waals surface area contributed by atoms with Crippen LogP contribution in [0.15, 0.2) is 57.4 Å². The fourth-order valence-electron chi connectivity index (χ4n) is 3.53. The number of methoxy groups -OCH3 is 2. The zero-order valence-corrected chi connectivity index (χ0v) is 18.9. The lowest BCUT2D eigenvalue weighted by Crippen LogP contribution is -2.41. The predicted molar refractivity (Wildman–Crippen MR) is 123 cm³/mol. The second-order valence-corrected chi connectivity index (χ2v) is 8.15. The van der Waals surface area contributed by atoms with Crippen molar-refractivity contribution in [1.82, 2.24) is 14.5 Å². The molecule has 2 aromatic heterocycles.